The Balaban J connectivity index is 1.86. The highest BCUT2D eigenvalue weighted by molar-refractivity contribution is 5.60. The molecule has 1 unspecified atom stereocenters. The molecule has 0 radical (unpaired) electrons. The predicted molar refractivity (Wildman–Crippen MR) is 118 cm³/mol. The minimum atomic E-state index is -0.173. The van der Waals surface area contributed by atoms with Gasteiger partial charge in [-0.15, -0.1) is 0 Å². The van der Waals surface area contributed by atoms with Crippen molar-refractivity contribution in [3.63, 3.8) is 0 Å². The lowest BCUT2D eigenvalue weighted by Crippen LogP contribution is -2.13. The molecular formula is C26H26N2O. The first-order valence-electron chi connectivity index (χ1n) is 10.2. The van der Waals surface area contributed by atoms with Gasteiger partial charge in [-0.25, -0.2) is 4.98 Å². The Bertz CT molecular complexity index is 1010. The molecule has 1 heterocycles. The number of hydrogen-bond donors (Lipinski definition) is 0. The summed E-state index contributed by atoms with van der Waals surface area (Å²) >= 11 is 0. The van der Waals surface area contributed by atoms with Crippen molar-refractivity contribution in [1.29, 1.82) is 0 Å². The van der Waals surface area contributed by atoms with Gasteiger partial charge in [-0.3, -0.25) is 4.57 Å². The topological polar surface area (TPSA) is 27.1 Å². The Morgan fingerprint density at radius 3 is 2.10 bits per heavy atom. The van der Waals surface area contributed by atoms with Gasteiger partial charge in [0, 0.05) is 17.9 Å². The van der Waals surface area contributed by atoms with Gasteiger partial charge in [0.1, 0.15) is 11.9 Å². The van der Waals surface area contributed by atoms with Crippen molar-refractivity contribution in [3.05, 3.63) is 108 Å². The zero-order valence-electron chi connectivity index (χ0n) is 16.7. The van der Waals surface area contributed by atoms with Crippen LogP contribution in [0.25, 0.3) is 17.1 Å². The Morgan fingerprint density at radius 2 is 1.45 bits per heavy atom. The summed E-state index contributed by atoms with van der Waals surface area (Å²) in [6.07, 6.45) is 3.93. The van der Waals surface area contributed by atoms with Gasteiger partial charge in [0.2, 0.25) is 0 Å². The number of ether oxygens (including phenoxy) is 1. The van der Waals surface area contributed by atoms with Crippen LogP contribution in [-0.2, 0) is 4.74 Å². The molecule has 146 valence electrons. The van der Waals surface area contributed by atoms with Crippen LogP contribution in [0.1, 0.15) is 37.1 Å². The number of aromatic nitrogens is 2. The summed E-state index contributed by atoms with van der Waals surface area (Å²) in [5.74, 6) is 0.923. The van der Waals surface area contributed by atoms with E-state index in [0.717, 1.165) is 47.8 Å². The van der Waals surface area contributed by atoms with E-state index in [9.17, 15) is 0 Å². The van der Waals surface area contributed by atoms with Crippen LogP contribution < -0.4 is 0 Å². The van der Waals surface area contributed by atoms with Gasteiger partial charge < -0.3 is 4.74 Å². The molecule has 4 aromatic rings. The van der Waals surface area contributed by atoms with E-state index in [4.69, 9.17) is 9.72 Å². The van der Waals surface area contributed by atoms with E-state index in [-0.39, 0.29) is 6.10 Å². The third-order valence-electron chi connectivity index (χ3n) is 4.99. The quantitative estimate of drug-likeness (QED) is 0.328. The minimum absolute atomic E-state index is 0.173. The number of imidazole rings is 1. The van der Waals surface area contributed by atoms with E-state index >= 15 is 0 Å². The van der Waals surface area contributed by atoms with Gasteiger partial charge in [0.15, 0.2) is 0 Å². The van der Waals surface area contributed by atoms with Gasteiger partial charge in [0.05, 0.1) is 11.9 Å². The van der Waals surface area contributed by atoms with Gasteiger partial charge in [0.25, 0.3) is 0 Å². The highest BCUT2D eigenvalue weighted by Gasteiger charge is 2.23. The average molecular weight is 383 g/mol. The van der Waals surface area contributed by atoms with E-state index in [1.165, 1.54) is 0 Å². The molecule has 0 amide bonds. The smallest absolute Gasteiger partial charge is 0.144 e. The monoisotopic (exact) mass is 382 g/mol. The standard InChI is InChI=1S/C26H26N2O/c1-2-3-19-29-25(21-13-7-4-8-14-21)24-20-27-26(22-15-9-5-10-16-22)28(24)23-17-11-6-12-18-23/h4-18,20,25H,2-3,19H2,1H3. The normalized spacial score (nSPS) is 12.0. The summed E-state index contributed by atoms with van der Waals surface area (Å²) in [7, 11) is 0. The van der Waals surface area contributed by atoms with Crippen molar-refractivity contribution in [3.8, 4) is 17.1 Å². The van der Waals surface area contributed by atoms with Gasteiger partial charge in [-0.05, 0) is 24.1 Å². The molecular weight excluding hydrogens is 356 g/mol. The second kappa shape index (κ2) is 9.35. The molecule has 0 saturated carbocycles. The summed E-state index contributed by atoms with van der Waals surface area (Å²) in [6.45, 7) is 2.90. The fourth-order valence-electron chi connectivity index (χ4n) is 3.51. The zero-order chi connectivity index (χ0) is 19.9. The lowest BCUT2D eigenvalue weighted by Gasteiger charge is -2.21. The molecule has 0 saturated heterocycles. The summed E-state index contributed by atoms with van der Waals surface area (Å²) in [5.41, 5.74) is 4.35. The van der Waals surface area contributed by atoms with Crippen LogP contribution in [0.15, 0.2) is 97.2 Å². The first-order valence-corrected chi connectivity index (χ1v) is 10.2. The molecule has 0 aliphatic heterocycles. The molecule has 0 spiro atoms. The Kier molecular flexibility index (Phi) is 6.18. The van der Waals surface area contributed by atoms with E-state index < -0.39 is 0 Å². The molecule has 0 N–H and O–H groups in total. The van der Waals surface area contributed by atoms with Crippen LogP contribution in [-0.4, -0.2) is 16.2 Å². The second-order valence-electron chi connectivity index (χ2n) is 7.06. The molecule has 1 atom stereocenters. The first kappa shape index (κ1) is 19.2. The molecule has 3 aromatic carbocycles. The molecule has 0 fully saturated rings. The van der Waals surface area contributed by atoms with Crippen molar-refractivity contribution in [2.24, 2.45) is 0 Å². The number of nitrogens with zero attached hydrogens (tertiary/aromatic N) is 2. The van der Waals surface area contributed by atoms with E-state index in [1.807, 2.05) is 36.5 Å². The molecule has 29 heavy (non-hydrogen) atoms. The number of para-hydroxylation sites is 1. The maximum absolute atomic E-state index is 6.41. The largest absolute Gasteiger partial charge is 0.367 e. The number of rotatable bonds is 8. The minimum Gasteiger partial charge on any atom is -0.367 e. The molecule has 0 aliphatic rings. The highest BCUT2D eigenvalue weighted by Crippen LogP contribution is 2.32. The molecule has 4 rings (SSSR count). The number of hydrogen-bond acceptors (Lipinski definition) is 2. The second-order valence-corrected chi connectivity index (χ2v) is 7.06. The summed E-state index contributed by atoms with van der Waals surface area (Å²) in [4.78, 5) is 4.82. The molecule has 1 aromatic heterocycles. The SMILES string of the molecule is CCCCOC(c1ccccc1)c1cnc(-c2ccccc2)n1-c1ccccc1. The Morgan fingerprint density at radius 1 is 0.828 bits per heavy atom. The maximum Gasteiger partial charge on any atom is 0.144 e. The molecule has 3 nitrogen and oxygen atoms in total. The van der Waals surface area contributed by atoms with Crippen LogP contribution in [0.4, 0.5) is 0 Å². The van der Waals surface area contributed by atoms with Crippen LogP contribution in [0, 0.1) is 0 Å². The zero-order valence-corrected chi connectivity index (χ0v) is 16.7. The van der Waals surface area contributed by atoms with Crippen LogP contribution in [0.2, 0.25) is 0 Å². The van der Waals surface area contributed by atoms with Crippen molar-refractivity contribution < 1.29 is 4.74 Å². The average Bonchev–Trinajstić information content (AvgIpc) is 3.23. The van der Waals surface area contributed by atoms with E-state index in [2.05, 4.69) is 72.2 Å². The third kappa shape index (κ3) is 4.30. The van der Waals surface area contributed by atoms with Gasteiger partial charge in [-0.2, -0.15) is 0 Å². The fourth-order valence-corrected chi connectivity index (χ4v) is 3.51. The summed E-state index contributed by atoms with van der Waals surface area (Å²) in [5, 5.41) is 0. The van der Waals surface area contributed by atoms with Crippen molar-refractivity contribution in [1.82, 2.24) is 9.55 Å². The van der Waals surface area contributed by atoms with Crippen LogP contribution in [0.5, 0.6) is 0 Å². The van der Waals surface area contributed by atoms with Gasteiger partial charge >= 0.3 is 0 Å². The Labute approximate surface area is 172 Å². The lowest BCUT2D eigenvalue weighted by atomic mass is 10.1. The molecule has 0 bridgehead atoms. The predicted octanol–water partition coefficient (Wildman–Crippen LogP) is 6.45. The third-order valence-corrected chi connectivity index (χ3v) is 4.99. The Hall–Kier alpha value is -3.17. The van der Waals surface area contributed by atoms with E-state index in [1.54, 1.807) is 0 Å². The maximum atomic E-state index is 6.41. The summed E-state index contributed by atoms with van der Waals surface area (Å²) < 4.78 is 8.63. The number of benzene rings is 3. The van der Waals surface area contributed by atoms with E-state index in [0.29, 0.717) is 0 Å². The fraction of sp³-hybridized carbons (Fsp3) is 0.192. The molecule has 0 aliphatic carbocycles. The van der Waals surface area contributed by atoms with Gasteiger partial charge in [-0.1, -0.05) is 92.2 Å². The first-order chi connectivity index (χ1) is 14.4. The van der Waals surface area contributed by atoms with Crippen molar-refractivity contribution in [2.45, 2.75) is 25.9 Å². The van der Waals surface area contributed by atoms with Crippen molar-refractivity contribution >= 4 is 0 Å². The van der Waals surface area contributed by atoms with Crippen LogP contribution >= 0.6 is 0 Å². The van der Waals surface area contributed by atoms with Crippen LogP contribution in [0.3, 0.4) is 0 Å². The summed E-state index contributed by atoms with van der Waals surface area (Å²) in [6, 6.07) is 31.1. The number of unbranched alkanes of at least 4 members (excludes halogenated alkanes) is 1. The highest BCUT2D eigenvalue weighted by atomic mass is 16.5. The molecule has 3 heteroatoms. The lowest BCUT2D eigenvalue weighted by molar-refractivity contribution is 0.0741. The van der Waals surface area contributed by atoms with Crippen molar-refractivity contribution in [2.75, 3.05) is 6.61 Å².